The zero-order valence-electron chi connectivity index (χ0n) is 13.0. The van der Waals surface area contributed by atoms with E-state index < -0.39 is 0 Å². The monoisotopic (exact) mass is 343 g/mol. The van der Waals surface area contributed by atoms with Gasteiger partial charge in [0.25, 0.3) is 5.56 Å². The van der Waals surface area contributed by atoms with Crippen LogP contribution in [0.4, 0.5) is 0 Å². The Bertz CT molecular complexity index is 874. The van der Waals surface area contributed by atoms with Gasteiger partial charge in [-0.1, -0.05) is 12.1 Å². The van der Waals surface area contributed by atoms with Gasteiger partial charge in [0.15, 0.2) is 0 Å². The molecular weight excluding hydrogens is 326 g/mol. The Morgan fingerprint density at radius 3 is 2.96 bits per heavy atom. The van der Waals surface area contributed by atoms with Crippen molar-refractivity contribution in [3.05, 3.63) is 65.1 Å². The number of benzene rings is 1. The molecule has 0 aliphatic heterocycles. The first-order chi connectivity index (χ1) is 11.7. The van der Waals surface area contributed by atoms with E-state index in [0.717, 1.165) is 17.3 Å². The van der Waals surface area contributed by atoms with Crippen molar-refractivity contribution in [3.63, 3.8) is 0 Å². The highest BCUT2D eigenvalue weighted by atomic mass is 32.2. The van der Waals surface area contributed by atoms with Crippen molar-refractivity contribution in [1.29, 1.82) is 0 Å². The molecule has 0 atom stereocenters. The van der Waals surface area contributed by atoms with Crippen molar-refractivity contribution in [2.24, 2.45) is 0 Å². The first kappa shape index (κ1) is 16.3. The van der Waals surface area contributed by atoms with Crippen LogP contribution >= 0.6 is 11.8 Å². The molecule has 2 aromatic heterocycles. The Hall–Kier alpha value is -2.54. The van der Waals surface area contributed by atoms with Gasteiger partial charge < -0.3 is 9.73 Å². The maximum Gasteiger partial charge on any atom is 0.261 e. The molecule has 0 fully saturated rings. The average Bonchev–Trinajstić information content (AvgIpc) is 3.11. The van der Waals surface area contributed by atoms with Gasteiger partial charge in [-0.25, -0.2) is 4.98 Å². The molecule has 24 heavy (non-hydrogen) atoms. The SMILES string of the molecule is O=C(Cn1cnc2ccccc2c1=O)NCCSCc1ccco1. The summed E-state index contributed by atoms with van der Waals surface area (Å²) in [6, 6.07) is 10.9. The smallest absolute Gasteiger partial charge is 0.261 e. The molecule has 0 saturated heterocycles. The average molecular weight is 343 g/mol. The minimum atomic E-state index is -0.206. The van der Waals surface area contributed by atoms with Gasteiger partial charge in [0.2, 0.25) is 5.91 Å². The van der Waals surface area contributed by atoms with Crippen LogP contribution < -0.4 is 10.9 Å². The summed E-state index contributed by atoms with van der Waals surface area (Å²) in [6.07, 6.45) is 3.06. The van der Waals surface area contributed by atoms with Gasteiger partial charge in [-0.3, -0.25) is 14.2 Å². The number of thioether (sulfide) groups is 1. The third-order valence-corrected chi connectivity index (χ3v) is 4.42. The number of amides is 1. The number of aromatic nitrogens is 2. The van der Waals surface area contributed by atoms with Gasteiger partial charge in [-0.2, -0.15) is 11.8 Å². The Labute approximate surface area is 142 Å². The number of para-hydroxylation sites is 1. The van der Waals surface area contributed by atoms with Crippen LogP contribution in [0.15, 0.2) is 58.2 Å². The zero-order valence-corrected chi connectivity index (χ0v) is 13.8. The van der Waals surface area contributed by atoms with Crippen LogP contribution in [0.25, 0.3) is 10.9 Å². The number of nitrogens with one attached hydrogen (secondary N) is 1. The first-order valence-corrected chi connectivity index (χ1v) is 8.70. The Kier molecular flexibility index (Phi) is 5.32. The van der Waals surface area contributed by atoms with Crippen LogP contribution in [-0.4, -0.2) is 27.8 Å². The Morgan fingerprint density at radius 2 is 2.12 bits per heavy atom. The fourth-order valence-corrected chi connectivity index (χ4v) is 3.02. The third-order valence-electron chi connectivity index (χ3n) is 3.44. The highest BCUT2D eigenvalue weighted by Crippen LogP contribution is 2.11. The maximum atomic E-state index is 12.3. The molecule has 7 heteroatoms. The Morgan fingerprint density at radius 1 is 1.25 bits per heavy atom. The van der Waals surface area contributed by atoms with Gasteiger partial charge in [-0.15, -0.1) is 0 Å². The lowest BCUT2D eigenvalue weighted by atomic mass is 10.2. The van der Waals surface area contributed by atoms with Crippen molar-refractivity contribution in [2.45, 2.75) is 12.3 Å². The zero-order chi connectivity index (χ0) is 16.8. The van der Waals surface area contributed by atoms with Crippen LogP contribution in [0.3, 0.4) is 0 Å². The van der Waals surface area contributed by atoms with E-state index in [1.165, 1.54) is 10.9 Å². The van der Waals surface area contributed by atoms with E-state index in [0.29, 0.717) is 17.4 Å². The summed E-state index contributed by atoms with van der Waals surface area (Å²) in [5.74, 6) is 2.27. The molecule has 0 bridgehead atoms. The highest BCUT2D eigenvalue weighted by molar-refractivity contribution is 7.98. The summed E-state index contributed by atoms with van der Waals surface area (Å²) in [6.45, 7) is 0.513. The van der Waals surface area contributed by atoms with Crippen LogP contribution in [0.1, 0.15) is 5.76 Å². The number of hydrogen-bond donors (Lipinski definition) is 1. The van der Waals surface area contributed by atoms with Crippen molar-refractivity contribution < 1.29 is 9.21 Å². The van der Waals surface area contributed by atoms with Crippen LogP contribution in [-0.2, 0) is 17.1 Å². The van der Waals surface area contributed by atoms with Crippen LogP contribution in [0.2, 0.25) is 0 Å². The first-order valence-electron chi connectivity index (χ1n) is 7.55. The normalized spacial score (nSPS) is 10.8. The van der Waals surface area contributed by atoms with E-state index >= 15 is 0 Å². The molecule has 1 amide bonds. The molecule has 0 spiro atoms. The van der Waals surface area contributed by atoms with Gasteiger partial charge in [0.05, 0.1) is 29.2 Å². The number of fused-ring (bicyclic) bond motifs is 1. The van der Waals surface area contributed by atoms with Crippen molar-refractivity contribution in [3.8, 4) is 0 Å². The minimum Gasteiger partial charge on any atom is -0.468 e. The molecule has 2 heterocycles. The standard InChI is InChI=1S/C17H17N3O3S/c21-16(18-7-9-24-11-13-4-3-8-23-13)10-20-12-19-15-6-2-1-5-14(15)17(20)22/h1-6,8,12H,7,9-11H2,(H,18,21). The number of carbonyl (C=O) groups is 1. The van der Waals surface area contributed by atoms with Gasteiger partial charge in [0.1, 0.15) is 12.3 Å². The second-order valence-electron chi connectivity index (χ2n) is 5.18. The second kappa shape index (κ2) is 7.83. The van der Waals surface area contributed by atoms with Crippen molar-refractivity contribution >= 4 is 28.6 Å². The summed E-state index contributed by atoms with van der Waals surface area (Å²) >= 11 is 1.67. The fourth-order valence-electron chi connectivity index (χ4n) is 2.26. The molecule has 0 saturated carbocycles. The number of nitrogens with zero attached hydrogens (tertiary/aromatic N) is 2. The summed E-state index contributed by atoms with van der Waals surface area (Å²) in [5, 5.41) is 3.32. The number of hydrogen-bond acceptors (Lipinski definition) is 5. The van der Waals surface area contributed by atoms with Gasteiger partial charge in [-0.05, 0) is 24.3 Å². The van der Waals surface area contributed by atoms with Crippen LogP contribution in [0, 0.1) is 0 Å². The molecule has 1 N–H and O–H groups in total. The number of rotatable bonds is 7. The van der Waals surface area contributed by atoms with E-state index in [9.17, 15) is 9.59 Å². The molecular formula is C17H17N3O3S. The minimum absolute atomic E-state index is 0.0283. The largest absolute Gasteiger partial charge is 0.468 e. The summed E-state index contributed by atoms with van der Waals surface area (Å²) in [5.41, 5.74) is 0.427. The van der Waals surface area contributed by atoms with Gasteiger partial charge in [0, 0.05) is 12.3 Å². The predicted molar refractivity (Wildman–Crippen MR) is 93.9 cm³/mol. The predicted octanol–water partition coefficient (Wildman–Crippen LogP) is 2.04. The highest BCUT2D eigenvalue weighted by Gasteiger charge is 2.07. The molecule has 0 aliphatic rings. The molecule has 0 unspecified atom stereocenters. The third kappa shape index (κ3) is 4.05. The number of furan rings is 1. The van der Waals surface area contributed by atoms with Gasteiger partial charge >= 0.3 is 0 Å². The lowest BCUT2D eigenvalue weighted by molar-refractivity contribution is -0.121. The Balaban J connectivity index is 1.48. The maximum absolute atomic E-state index is 12.3. The fraction of sp³-hybridized carbons (Fsp3) is 0.235. The van der Waals surface area contributed by atoms with Crippen molar-refractivity contribution in [2.75, 3.05) is 12.3 Å². The summed E-state index contributed by atoms with van der Waals surface area (Å²) < 4.78 is 6.56. The van der Waals surface area contributed by atoms with Crippen molar-refractivity contribution in [1.82, 2.24) is 14.9 Å². The van der Waals surface area contributed by atoms with E-state index in [1.54, 1.807) is 36.2 Å². The molecule has 1 aromatic carbocycles. The van der Waals surface area contributed by atoms with E-state index in [4.69, 9.17) is 4.42 Å². The molecule has 6 nitrogen and oxygen atoms in total. The molecule has 3 aromatic rings. The van der Waals surface area contributed by atoms with E-state index in [-0.39, 0.29) is 18.0 Å². The van der Waals surface area contributed by atoms with Crippen LogP contribution in [0.5, 0.6) is 0 Å². The summed E-state index contributed by atoms with van der Waals surface area (Å²) in [4.78, 5) is 28.5. The summed E-state index contributed by atoms with van der Waals surface area (Å²) in [7, 11) is 0. The van der Waals surface area contributed by atoms with E-state index in [2.05, 4.69) is 10.3 Å². The lowest BCUT2D eigenvalue weighted by Gasteiger charge is -2.07. The molecule has 0 radical (unpaired) electrons. The number of carbonyl (C=O) groups excluding carboxylic acids is 1. The quantitative estimate of drug-likeness (QED) is 0.664. The molecule has 0 aliphatic carbocycles. The topological polar surface area (TPSA) is 77.1 Å². The molecule has 124 valence electrons. The second-order valence-corrected chi connectivity index (χ2v) is 6.28. The lowest BCUT2D eigenvalue weighted by Crippen LogP contribution is -2.33. The molecule has 3 rings (SSSR count). The van der Waals surface area contributed by atoms with E-state index in [1.807, 2.05) is 18.2 Å².